The molecule has 10 heteroatoms. The van der Waals surface area contributed by atoms with Gasteiger partial charge in [-0.3, -0.25) is 19.6 Å². The van der Waals surface area contributed by atoms with E-state index >= 15 is 0 Å². The fourth-order valence-electron chi connectivity index (χ4n) is 5.60. The van der Waals surface area contributed by atoms with Gasteiger partial charge in [0, 0.05) is 37.0 Å². The molecule has 44 heavy (non-hydrogen) atoms. The first-order valence-electron chi connectivity index (χ1n) is 15.0. The minimum atomic E-state index is -0.0842. The third-order valence-corrected chi connectivity index (χ3v) is 7.96. The fraction of sp³-hybridized carbons (Fsp3) is 0.412. The number of unbranched alkanes of at least 4 members (excludes halogenated alkanes) is 2. The maximum absolute atomic E-state index is 13.2. The van der Waals surface area contributed by atoms with E-state index in [4.69, 9.17) is 18.9 Å². The van der Waals surface area contributed by atoms with Gasteiger partial charge in [-0.25, -0.2) is 0 Å². The van der Waals surface area contributed by atoms with Crippen molar-refractivity contribution in [2.75, 3.05) is 27.4 Å². The third kappa shape index (κ3) is 6.79. The molecule has 3 aliphatic heterocycles. The molecule has 0 aliphatic carbocycles. The van der Waals surface area contributed by atoms with Gasteiger partial charge in [-0.05, 0) is 70.6 Å². The van der Waals surface area contributed by atoms with Crippen LogP contribution in [-0.4, -0.2) is 74.1 Å². The highest BCUT2D eigenvalue weighted by Crippen LogP contribution is 2.39. The lowest BCUT2D eigenvalue weighted by Crippen LogP contribution is -2.32. The van der Waals surface area contributed by atoms with Crippen LogP contribution in [0.15, 0.2) is 57.8 Å². The van der Waals surface area contributed by atoms with Crippen molar-refractivity contribution in [1.82, 2.24) is 9.80 Å². The van der Waals surface area contributed by atoms with Gasteiger partial charge in [0.25, 0.3) is 5.91 Å². The Bertz CT molecular complexity index is 1530. The van der Waals surface area contributed by atoms with Crippen LogP contribution in [0.3, 0.4) is 0 Å². The van der Waals surface area contributed by atoms with Gasteiger partial charge in [-0.15, -0.1) is 0 Å². The van der Waals surface area contributed by atoms with Crippen LogP contribution >= 0.6 is 0 Å². The molecule has 0 N–H and O–H groups in total. The normalized spacial score (nSPS) is 19.0. The monoisotopic (exact) mass is 600 g/mol. The predicted molar refractivity (Wildman–Crippen MR) is 170 cm³/mol. The molecule has 232 valence electrons. The second-order valence-electron chi connectivity index (χ2n) is 11.4. The van der Waals surface area contributed by atoms with Crippen LogP contribution < -0.4 is 18.9 Å². The number of ether oxygens (including phenoxy) is 4. The summed E-state index contributed by atoms with van der Waals surface area (Å²) in [4.78, 5) is 37.2. The number of carbonyl (C=O) groups is 2. The van der Waals surface area contributed by atoms with Crippen molar-refractivity contribution in [3.05, 3.63) is 58.9 Å². The molecule has 0 bridgehead atoms. The van der Waals surface area contributed by atoms with E-state index in [2.05, 4.69) is 9.98 Å². The molecule has 2 amide bonds. The maximum Gasteiger partial charge on any atom is 0.260 e. The van der Waals surface area contributed by atoms with Crippen molar-refractivity contribution in [3.63, 3.8) is 0 Å². The first-order valence-corrected chi connectivity index (χ1v) is 15.0. The van der Waals surface area contributed by atoms with E-state index < -0.39 is 0 Å². The maximum atomic E-state index is 13.2. The number of benzene rings is 2. The second-order valence-corrected chi connectivity index (χ2v) is 11.4. The smallest absolute Gasteiger partial charge is 0.260 e. The topological polar surface area (TPSA) is 102 Å². The van der Waals surface area contributed by atoms with Crippen LogP contribution in [0.4, 0.5) is 11.4 Å². The molecule has 10 nitrogen and oxygen atoms in total. The molecule has 3 heterocycles. The van der Waals surface area contributed by atoms with Crippen LogP contribution in [0, 0.1) is 6.92 Å². The Morgan fingerprint density at radius 2 is 1.57 bits per heavy atom. The van der Waals surface area contributed by atoms with Crippen molar-refractivity contribution in [3.8, 4) is 23.0 Å². The zero-order valence-corrected chi connectivity index (χ0v) is 26.0. The van der Waals surface area contributed by atoms with Crippen LogP contribution in [0.25, 0.3) is 0 Å². The Kier molecular flexibility index (Phi) is 9.67. The number of nitrogens with zero attached hydrogens (tertiary/aromatic N) is 4. The summed E-state index contributed by atoms with van der Waals surface area (Å²) in [5.74, 6) is 2.28. The van der Waals surface area contributed by atoms with Gasteiger partial charge in [0.15, 0.2) is 23.0 Å². The molecular weight excluding hydrogens is 560 g/mol. The summed E-state index contributed by atoms with van der Waals surface area (Å²) in [6.07, 6.45) is 12.3. The summed E-state index contributed by atoms with van der Waals surface area (Å²) >= 11 is 0. The summed E-state index contributed by atoms with van der Waals surface area (Å²) in [6.45, 7) is 7.00. The van der Waals surface area contributed by atoms with Gasteiger partial charge in [-0.2, -0.15) is 0 Å². The first kappa shape index (κ1) is 30.8. The van der Waals surface area contributed by atoms with Crippen molar-refractivity contribution in [2.45, 2.75) is 65.0 Å². The lowest BCUT2D eigenvalue weighted by molar-refractivity contribution is -0.116. The average Bonchev–Trinajstić information content (AvgIpc) is 3.55. The fourth-order valence-corrected chi connectivity index (χ4v) is 5.60. The summed E-state index contributed by atoms with van der Waals surface area (Å²) in [6, 6.07) is 7.17. The SMILES string of the molecule is COc1cc(C)c(N=C[C@@H]2CC(C)=CN2C=O)cc1OCCCCCOc1cc2c(cc1OC)C(=O)N1C=C(C)CC1C=N2. The molecule has 2 atom stereocenters. The minimum absolute atomic E-state index is 0.0557. The van der Waals surface area contributed by atoms with E-state index in [1.54, 1.807) is 36.2 Å². The number of hydrogen-bond donors (Lipinski definition) is 0. The van der Waals surface area contributed by atoms with E-state index in [1.807, 2.05) is 57.7 Å². The third-order valence-electron chi connectivity index (χ3n) is 7.96. The molecule has 3 aliphatic rings. The summed E-state index contributed by atoms with van der Waals surface area (Å²) in [7, 11) is 3.19. The molecule has 0 saturated heterocycles. The number of rotatable bonds is 13. The van der Waals surface area contributed by atoms with E-state index in [0.29, 0.717) is 47.5 Å². The van der Waals surface area contributed by atoms with Gasteiger partial charge in [0.1, 0.15) is 0 Å². The molecule has 1 unspecified atom stereocenters. The number of aliphatic imine (C=N–C) groups is 2. The number of amides is 2. The van der Waals surface area contributed by atoms with Crippen molar-refractivity contribution < 1.29 is 28.5 Å². The van der Waals surface area contributed by atoms with Gasteiger partial charge in [-0.1, -0.05) is 11.1 Å². The highest BCUT2D eigenvalue weighted by molar-refractivity contribution is 6.04. The van der Waals surface area contributed by atoms with E-state index in [9.17, 15) is 9.59 Å². The van der Waals surface area contributed by atoms with Gasteiger partial charge < -0.3 is 28.7 Å². The Labute approximate surface area is 258 Å². The quantitative estimate of drug-likeness (QED) is 0.152. The van der Waals surface area contributed by atoms with Crippen molar-refractivity contribution >= 4 is 36.1 Å². The Balaban J connectivity index is 1.12. The summed E-state index contributed by atoms with van der Waals surface area (Å²) in [5, 5.41) is 0. The number of methoxy groups -OCH3 is 2. The number of carbonyl (C=O) groups excluding carboxylic acids is 2. The van der Waals surface area contributed by atoms with Gasteiger partial charge in [0.2, 0.25) is 6.41 Å². The molecule has 0 spiro atoms. The number of aryl methyl sites for hydroxylation is 1. The van der Waals surface area contributed by atoms with Crippen molar-refractivity contribution in [1.29, 1.82) is 0 Å². The molecule has 2 aromatic carbocycles. The largest absolute Gasteiger partial charge is 0.493 e. The lowest BCUT2D eigenvalue weighted by Gasteiger charge is -2.19. The molecule has 5 rings (SSSR count). The minimum Gasteiger partial charge on any atom is -0.493 e. The highest BCUT2D eigenvalue weighted by Gasteiger charge is 2.32. The van der Waals surface area contributed by atoms with Crippen LogP contribution in [0.2, 0.25) is 0 Å². The second kappa shape index (κ2) is 13.8. The number of hydrogen-bond acceptors (Lipinski definition) is 8. The summed E-state index contributed by atoms with van der Waals surface area (Å²) < 4.78 is 23.2. The highest BCUT2D eigenvalue weighted by atomic mass is 16.5. The van der Waals surface area contributed by atoms with Gasteiger partial charge >= 0.3 is 0 Å². The van der Waals surface area contributed by atoms with Gasteiger partial charge in [0.05, 0.1) is 56.5 Å². The van der Waals surface area contributed by atoms with Crippen LogP contribution in [-0.2, 0) is 4.79 Å². The Hall–Kier alpha value is -4.60. The molecule has 0 aromatic heterocycles. The van der Waals surface area contributed by atoms with E-state index in [0.717, 1.165) is 60.9 Å². The van der Waals surface area contributed by atoms with Crippen LogP contribution in [0.1, 0.15) is 61.9 Å². The number of fused-ring (bicyclic) bond motifs is 2. The zero-order chi connectivity index (χ0) is 31.2. The molecule has 0 fully saturated rings. The standard InChI is InChI=1S/C34H40N4O6/c1-22-11-25(37(19-22)21-39)17-35-28-15-32(30(41-4)13-24(28)3)43-9-7-6-8-10-44-33-16-29-27(14-31(33)42-5)34(40)38-20-23(2)12-26(38)18-36-29/h13-21,25-26H,6-12H2,1-5H3/t25-,26?/m0/s1. The lowest BCUT2D eigenvalue weighted by atomic mass is 10.1. The molecule has 0 saturated carbocycles. The van der Waals surface area contributed by atoms with E-state index in [-0.39, 0.29) is 18.0 Å². The predicted octanol–water partition coefficient (Wildman–Crippen LogP) is 6.31. The zero-order valence-electron chi connectivity index (χ0n) is 26.0. The molecular formula is C34H40N4O6. The molecule has 2 aromatic rings. The van der Waals surface area contributed by atoms with E-state index in [1.165, 1.54) is 0 Å². The average molecular weight is 601 g/mol. The Morgan fingerprint density at radius 1 is 0.886 bits per heavy atom. The molecule has 0 radical (unpaired) electrons. The van der Waals surface area contributed by atoms with Crippen molar-refractivity contribution in [2.24, 2.45) is 9.98 Å². The van der Waals surface area contributed by atoms with Crippen LogP contribution in [0.5, 0.6) is 23.0 Å². The Morgan fingerprint density at radius 3 is 2.27 bits per heavy atom. The summed E-state index contributed by atoms with van der Waals surface area (Å²) in [5.41, 5.74) is 5.13. The first-order chi connectivity index (χ1) is 21.3.